The van der Waals surface area contributed by atoms with Crippen LogP contribution in [0.15, 0.2) is 85.1 Å². The lowest BCUT2D eigenvalue weighted by molar-refractivity contribution is 0.0949. The summed E-state index contributed by atoms with van der Waals surface area (Å²) < 4.78 is 0. The zero-order chi connectivity index (χ0) is 17.9. The van der Waals surface area contributed by atoms with Crippen molar-refractivity contribution in [2.45, 2.75) is 6.54 Å². The maximum atomic E-state index is 11.7. The molecule has 1 aromatic heterocycles. The number of hydrogen-bond donors (Lipinski definition) is 2. The molecular weight excluding hydrogens is 314 g/mol. The van der Waals surface area contributed by atoms with E-state index < -0.39 is 0 Å². The Bertz CT molecular complexity index is 791. The van der Waals surface area contributed by atoms with E-state index in [1.54, 1.807) is 42.6 Å². The Morgan fingerprint density at radius 3 is 1.84 bits per heavy atom. The topological polar surface area (TPSA) is 85.1 Å². The fraction of sp³-hybridized carbons (Fsp3) is 0.0500. The summed E-state index contributed by atoms with van der Waals surface area (Å²) in [7, 11) is 0. The van der Waals surface area contributed by atoms with Crippen LogP contribution in [0.1, 0.15) is 26.4 Å². The van der Waals surface area contributed by atoms with Crippen molar-refractivity contribution in [3.05, 3.63) is 102 Å². The number of rotatable bonds is 4. The van der Waals surface area contributed by atoms with Crippen LogP contribution in [0.5, 0.6) is 0 Å². The van der Waals surface area contributed by atoms with Crippen LogP contribution >= 0.6 is 0 Å². The van der Waals surface area contributed by atoms with E-state index in [9.17, 15) is 9.59 Å². The van der Waals surface area contributed by atoms with Gasteiger partial charge in [0, 0.05) is 17.3 Å². The molecule has 3 rings (SSSR count). The van der Waals surface area contributed by atoms with Crippen molar-refractivity contribution in [2.24, 2.45) is 5.73 Å². The Morgan fingerprint density at radius 2 is 1.36 bits per heavy atom. The summed E-state index contributed by atoms with van der Waals surface area (Å²) in [5.41, 5.74) is 7.05. The van der Waals surface area contributed by atoms with Crippen molar-refractivity contribution >= 4 is 11.8 Å². The zero-order valence-electron chi connectivity index (χ0n) is 13.6. The van der Waals surface area contributed by atoms with Gasteiger partial charge in [-0.2, -0.15) is 0 Å². The first-order valence-corrected chi connectivity index (χ1v) is 7.75. The standard InChI is InChI=1S/C13H12N2O.C7H7NO/c16-13(11-6-2-1-3-7-11)15-10-12-8-4-5-9-14-12;8-7(9)6-4-2-1-3-5-6/h1-9H,10H2,(H,15,16);1-5H,(H2,8,9). The van der Waals surface area contributed by atoms with Crippen LogP contribution < -0.4 is 11.1 Å². The molecular formula is C20H19N3O2. The van der Waals surface area contributed by atoms with Gasteiger partial charge in [-0.3, -0.25) is 14.6 Å². The molecule has 126 valence electrons. The average Bonchev–Trinajstić information content (AvgIpc) is 2.69. The molecule has 0 aliphatic carbocycles. The number of nitrogens with zero attached hydrogens (tertiary/aromatic N) is 1. The number of carbonyl (C=O) groups is 2. The van der Waals surface area contributed by atoms with Crippen LogP contribution in [0.2, 0.25) is 0 Å². The van der Waals surface area contributed by atoms with Gasteiger partial charge in [0.05, 0.1) is 12.2 Å². The Kier molecular flexibility index (Phi) is 6.88. The molecule has 2 aromatic carbocycles. The third kappa shape index (κ3) is 6.27. The Labute approximate surface area is 146 Å². The predicted molar refractivity (Wildman–Crippen MR) is 96.8 cm³/mol. The Morgan fingerprint density at radius 1 is 0.800 bits per heavy atom. The number of primary amides is 1. The minimum Gasteiger partial charge on any atom is -0.366 e. The van der Waals surface area contributed by atoms with Gasteiger partial charge in [-0.15, -0.1) is 0 Å². The third-order valence-corrected chi connectivity index (χ3v) is 3.25. The second kappa shape index (κ2) is 9.62. The highest BCUT2D eigenvalue weighted by molar-refractivity contribution is 5.94. The number of carbonyl (C=O) groups excluding carboxylic acids is 2. The lowest BCUT2D eigenvalue weighted by atomic mass is 10.2. The molecule has 0 saturated carbocycles. The highest BCUT2D eigenvalue weighted by Crippen LogP contribution is 1.99. The number of hydrogen-bond acceptors (Lipinski definition) is 3. The first kappa shape index (κ1) is 17.9. The minimum absolute atomic E-state index is 0.0775. The van der Waals surface area contributed by atoms with E-state index in [2.05, 4.69) is 10.3 Å². The molecule has 5 heteroatoms. The van der Waals surface area contributed by atoms with Crippen molar-refractivity contribution < 1.29 is 9.59 Å². The molecule has 0 unspecified atom stereocenters. The SMILES string of the molecule is NC(=O)c1ccccc1.O=C(NCc1ccccn1)c1ccccc1. The minimum atomic E-state index is -0.379. The van der Waals surface area contributed by atoms with Crippen molar-refractivity contribution in [3.8, 4) is 0 Å². The molecule has 0 aliphatic heterocycles. The van der Waals surface area contributed by atoms with Gasteiger partial charge in [-0.25, -0.2) is 0 Å². The lowest BCUT2D eigenvalue weighted by Gasteiger charge is -2.04. The van der Waals surface area contributed by atoms with Crippen LogP contribution in [-0.2, 0) is 6.54 Å². The van der Waals surface area contributed by atoms with Gasteiger partial charge in [0.2, 0.25) is 5.91 Å². The molecule has 0 radical (unpaired) electrons. The molecule has 3 aromatic rings. The van der Waals surface area contributed by atoms with Crippen LogP contribution in [-0.4, -0.2) is 16.8 Å². The predicted octanol–water partition coefficient (Wildman–Crippen LogP) is 2.80. The average molecular weight is 333 g/mol. The van der Waals surface area contributed by atoms with E-state index in [0.29, 0.717) is 17.7 Å². The monoisotopic (exact) mass is 333 g/mol. The number of benzene rings is 2. The van der Waals surface area contributed by atoms with E-state index in [1.165, 1.54) is 0 Å². The molecule has 2 amide bonds. The molecule has 5 nitrogen and oxygen atoms in total. The fourth-order valence-electron chi connectivity index (χ4n) is 1.97. The lowest BCUT2D eigenvalue weighted by Crippen LogP contribution is -2.23. The fourth-order valence-corrected chi connectivity index (χ4v) is 1.97. The molecule has 1 heterocycles. The highest BCUT2D eigenvalue weighted by Gasteiger charge is 2.03. The van der Waals surface area contributed by atoms with Crippen LogP contribution in [0.4, 0.5) is 0 Å². The summed E-state index contributed by atoms with van der Waals surface area (Å²) in [6, 6.07) is 23.5. The molecule has 0 saturated heterocycles. The van der Waals surface area contributed by atoms with Crippen LogP contribution in [0.3, 0.4) is 0 Å². The van der Waals surface area contributed by atoms with Crippen LogP contribution in [0, 0.1) is 0 Å². The Balaban J connectivity index is 0.000000212. The molecule has 25 heavy (non-hydrogen) atoms. The van der Waals surface area contributed by atoms with E-state index >= 15 is 0 Å². The summed E-state index contributed by atoms with van der Waals surface area (Å²) in [5, 5.41) is 2.81. The van der Waals surface area contributed by atoms with Gasteiger partial charge in [-0.1, -0.05) is 42.5 Å². The van der Waals surface area contributed by atoms with Crippen molar-refractivity contribution in [3.63, 3.8) is 0 Å². The summed E-state index contributed by atoms with van der Waals surface area (Å²) >= 11 is 0. The first-order valence-electron chi connectivity index (χ1n) is 7.75. The van der Waals surface area contributed by atoms with Gasteiger partial charge in [-0.05, 0) is 36.4 Å². The molecule has 0 atom stereocenters. The first-order chi connectivity index (χ1) is 12.2. The molecule has 0 spiro atoms. The number of amides is 2. The Hall–Kier alpha value is -3.47. The molecule has 0 bridgehead atoms. The largest absolute Gasteiger partial charge is 0.366 e. The zero-order valence-corrected chi connectivity index (χ0v) is 13.6. The summed E-state index contributed by atoms with van der Waals surface area (Å²) in [5.74, 6) is -0.457. The van der Waals surface area contributed by atoms with Crippen molar-refractivity contribution in [2.75, 3.05) is 0 Å². The summed E-state index contributed by atoms with van der Waals surface area (Å²) in [6.45, 7) is 0.453. The summed E-state index contributed by atoms with van der Waals surface area (Å²) in [4.78, 5) is 26.2. The second-order valence-electron chi connectivity index (χ2n) is 5.10. The quantitative estimate of drug-likeness (QED) is 0.770. The number of nitrogens with one attached hydrogen (secondary N) is 1. The third-order valence-electron chi connectivity index (χ3n) is 3.25. The maximum absolute atomic E-state index is 11.7. The van der Waals surface area contributed by atoms with Gasteiger partial charge >= 0.3 is 0 Å². The van der Waals surface area contributed by atoms with Gasteiger partial charge < -0.3 is 11.1 Å². The maximum Gasteiger partial charge on any atom is 0.251 e. The molecule has 0 aliphatic rings. The van der Waals surface area contributed by atoms with E-state index in [-0.39, 0.29) is 11.8 Å². The van der Waals surface area contributed by atoms with Crippen LogP contribution in [0.25, 0.3) is 0 Å². The van der Waals surface area contributed by atoms with E-state index in [4.69, 9.17) is 5.73 Å². The second-order valence-corrected chi connectivity index (χ2v) is 5.10. The molecule has 0 fully saturated rings. The number of nitrogens with two attached hydrogens (primary N) is 1. The number of aromatic nitrogens is 1. The smallest absolute Gasteiger partial charge is 0.251 e. The van der Waals surface area contributed by atoms with Gasteiger partial charge in [0.15, 0.2) is 0 Å². The number of pyridine rings is 1. The highest BCUT2D eigenvalue weighted by atomic mass is 16.2. The van der Waals surface area contributed by atoms with E-state index in [1.807, 2.05) is 42.5 Å². The van der Waals surface area contributed by atoms with E-state index in [0.717, 1.165) is 5.69 Å². The summed E-state index contributed by atoms with van der Waals surface area (Å²) in [6.07, 6.45) is 1.71. The van der Waals surface area contributed by atoms with Crippen molar-refractivity contribution in [1.29, 1.82) is 0 Å². The molecule has 3 N–H and O–H groups in total. The normalized spacial score (nSPS) is 9.44. The van der Waals surface area contributed by atoms with Gasteiger partial charge in [0.1, 0.15) is 0 Å². The van der Waals surface area contributed by atoms with Crippen molar-refractivity contribution in [1.82, 2.24) is 10.3 Å². The van der Waals surface area contributed by atoms with Gasteiger partial charge in [0.25, 0.3) is 5.91 Å².